The number of carboxylic acid groups (broad SMARTS) is 1. The van der Waals surface area contributed by atoms with Gasteiger partial charge in [0.15, 0.2) is 0 Å². The largest absolute Gasteiger partial charge is 0.481 e. The number of carboxylic acids is 1. The summed E-state index contributed by atoms with van der Waals surface area (Å²) in [5, 5.41) is 8.98. The van der Waals surface area contributed by atoms with E-state index in [2.05, 4.69) is 4.98 Å². The van der Waals surface area contributed by atoms with Gasteiger partial charge in [-0.05, 0) is 31.4 Å². The Balaban J connectivity index is 1.87. The lowest BCUT2D eigenvalue weighted by atomic mass is 10.1. The lowest BCUT2D eigenvalue weighted by Gasteiger charge is -2.21. The Hall–Kier alpha value is -2.24. The van der Waals surface area contributed by atoms with E-state index in [0.29, 0.717) is 24.8 Å². The average molecular weight is 260 g/mol. The average Bonchev–Trinajstić information content (AvgIpc) is 2.96. The van der Waals surface area contributed by atoms with Crippen LogP contribution in [0.5, 0.6) is 0 Å². The fraction of sp³-hybridized carbons (Fsp3) is 0.385. The summed E-state index contributed by atoms with van der Waals surface area (Å²) in [6.45, 7) is 0. The van der Waals surface area contributed by atoms with Crippen molar-refractivity contribution in [3.63, 3.8) is 0 Å². The van der Waals surface area contributed by atoms with E-state index in [1.807, 2.05) is 0 Å². The minimum absolute atomic E-state index is 0.172. The van der Waals surface area contributed by atoms with Gasteiger partial charge in [0.25, 0.3) is 11.8 Å². The molecule has 2 atom stereocenters. The third-order valence-corrected chi connectivity index (χ3v) is 3.80. The standard InChI is InChI=1S/C13H12N2O4/c16-11-9-2-1-5-14-10(9)12(17)15(11)8-4-3-7(6-8)13(18)19/h1-2,5,7-8H,3-4,6H2,(H,18,19)/t7-,8+/m1/s1. The quantitative estimate of drug-likeness (QED) is 0.799. The Morgan fingerprint density at radius 2 is 2.11 bits per heavy atom. The van der Waals surface area contributed by atoms with E-state index in [4.69, 9.17) is 5.11 Å². The molecule has 2 heterocycles. The van der Waals surface area contributed by atoms with Crippen LogP contribution in [-0.4, -0.2) is 38.8 Å². The van der Waals surface area contributed by atoms with Gasteiger partial charge < -0.3 is 5.11 Å². The topological polar surface area (TPSA) is 87.6 Å². The Morgan fingerprint density at radius 1 is 1.32 bits per heavy atom. The van der Waals surface area contributed by atoms with Crippen LogP contribution in [0.3, 0.4) is 0 Å². The molecule has 2 amide bonds. The van der Waals surface area contributed by atoms with Gasteiger partial charge in [-0.25, -0.2) is 0 Å². The van der Waals surface area contributed by atoms with Gasteiger partial charge in [-0.3, -0.25) is 24.3 Å². The SMILES string of the molecule is O=C(O)[C@@H]1CC[C@H](N2C(=O)c3cccnc3C2=O)C1. The number of hydrogen-bond acceptors (Lipinski definition) is 4. The zero-order valence-electron chi connectivity index (χ0n) is 10.1. The minimum atomic E-state index is -0.864. The lowest BCUT2D eigenvalue weighted by molar-refractivity contribution is -0.141. The number of nitrogens with zero attached hydrogens (tertiary/aromatic N) is 2. The second kappa shape index (κ2) is 4.15. The number of hydrogen-bond donors (Lipinski definition) is 1. The number of carbonyl (C=O) groups is 3. The van der Waals surface area contributed by atoms with E-state index in [1.165, 1.54) is 11.1 Å². The van der Waals surface area contributed by atoms with Crippen LogP contribution in [0.2, 0.25) is 0 Å². The maximum atomic E-state index is 12.2. The van der Waals surface area contributed by atoms with Crippen LogP contribution in [-0.2, 0) is 4.79 Å². The van der Waals surface area contributed by atoms with Gasteiger partial charge >= 0.3 is 5.97 Å². The minimum Gasteiger partial charge on any atom is -0.481 e. The Labute approximate surface area is 109 Å². The van der Waals surface area contributed by atoms with Crippen molar-refractivity contribution in [2.24, 2.45) is 5.92 Å². The highest BCUT2D eigenvalue weighted by molar-refractivity contribution is 6.20. The molecule has 1 fully saturated rings. The first-order valence-corrected chi connectivity index (χ1v) is 6.15. The summed E-state index contributed by atoms with van der Waals surface area (Å²) in [5.41, 5.74) is 0.484. The van der Waals surface area contributed by atoms with E-state index in [0.717, 1.165) is 0 Å². The molecule has 1 aliphatic carbocycles. The maximum absolute atomic E-state index is 12.2. The molecule has 1 aromatic heterocycles. The van der Waals surface area contributed by atoms with Crippen molar-refractivity contribution in [3.05, 3.63) is 29.6 Å². The van der Waals surface area contributed by atoms with Gasteiger partial charge in [-0.1, -0.05) is 0 Å². The highest BCUT2D eigenvalue weighted by Crippen LogP contribution is 2.34. The highest BCUT2D eigenvalue weighted by atomic mass is 16.4. The molecule has 19 heavy (non-hydrogen) atoms. The molecule has 0 saturated heterocycles. The van der Waals surface area contributed by atoms with Crippen LogP contribution in [0.15, 0.2) is 18.3 Å². The first-order valence-electron chi connectivity index (χ1n) is 6.15. The molecule has 1 N–H and O–H groups in total. The summed E-state index contributed by atoms with van der Waals surface area (Å²) in [6, 6.07) is 2.87. The first kappa shape index (κ1) is 11.8. The van der Waals surface area contributed by atoms with Crippen molar-refractivity contribution in [1.29, 1.82) is 0 Å². The van der Waals surface area contributed by atoms with Crippen LogP contribution >= 0.6 is 0 Å². The zero-order chi connectivity index (χ0) is 13.6. The molecule has 0 unspecified atom stereocenters. The van der Waals surface area contributed by atoms with Gasteiger partial charge in [0, 0.05) is 12.2 Å². The lowest BCUT2D eigenvalue weighted by Crippen LogP contribution is -2.38. The van der Waals surface area contributed by atoms with E-state index in [1.54, 1.807) is 12.1 Å². The maximum Gasteiger partial charge on any atom is 0.306 e. The molecule has 1 saturated carbocycles. The van der Waals surface area contributed by atoms with Crippen molar-refractivity contribution >= 4 is 17.8 Å². The van der Waals surface area contributed by atoms with Gasteiger partial charge in [-0.2, -0.15) is 0 Å². The summed E-state index contributed by atoms with van der Waals surface area (Å²) >= 11 is 0. The Kier molecular flexibility index (Phi) is 2.58. The van der Waals surface area contributed by atoms with Crippen LogP contribution < -0.4 is 0 Å². The predicted molar refractivity (Wildman–Crippen MR) is 63.5 cm³/mol. The Morgan fingerprint density at radius 3 is 2.74 bits per heavy atom. The molecule has 6 heteroatoms. The number of amides is 2. The number of aliphatic carboxylic acids is 1. The van der Waals surface area contributed by atoms with Gasteiger partial charge in [0.2, 0.25) is 0 Å². The number of imide groups is 1. The van der Waals surface area contributed by atoms with Gasteiger partial charge in [0.05, 0.1) is 11.5 Å². The van der Waals surface area contributed by atoms with E-state index >= 15 is 0 Å². The molecule has 0 bridgehead atoms. The normalized spacial score (nSPS) is 25.8. The fourth-order valence-corrected chi connectivity index (χ4v) is 2.83. The van der Waals surface area contributed by atoms with Gasteiger partial charge in [-0.15, -0.1) is 0 Å². The first-order chi connectivity index (χ1) is 9.09. The fourth-order valence-electron chi connectivity index (χ4n) is 2.83. The molecule has 98 valence electrons. The second-order valence-corrected chi connectivity index (χ2v) is 4.88. The summed E-state index contributed by atoms with van der Waals surface area (Å²) in [5.74, 6) is -2.10. The van der Waals surface area contributed by atoms with Crippen LogP contribution in [0.25, 0.3) is 0 Å². The zero-order valence-corrected chi connectivity index (χ0v) is 10.1. The van der Waals surface area contributed by atoms with E-state index in [-0.39, 0.29) is 17.6 Å². The van der Waals surface area contributed by atoms with Crippen LogP contribution in [0.4, 0.5) is 0 Å². The van der Waals surface area contributed by atoms with Gasteiger partial charge in [0.1, 0.15) is 5.69 Å². The molecule has 3 rings (SSSR count). The van der Waals surface area contributed by atoms with Crippen molar-refractivity contribution in [3.8, 4) is 0 Å². The summed E-state index contributed by atoms with van der Waals surface area (Å²) in [6.07, 6.45) is 2.85. The molecule has 1 aromatic rings. The number of fused-ring (bicyclic) bond motifs is 1. The van der Waals surface area contributed by atoms with Crippen molar-refractivity contribution in [1.82, 2.24) is 9.88 Å². The summed E-state index contributed by atoms with van der Waals surface area (Å²) < 4.78 is 0. The second-order valence-electron chi connectivity index (χ2n) is 4.88. The molecule has 0 aromatic carbocycles. The number of aromatic nitrogens is 1. The molecular formula is C13H12N2O4. The van der Waals surface area contributed by atoms with Crippen molar-refractivity contribution in [2.75, 3.05) is 0 Å². The molecular weight excluding hydrogens is 248 g/mol. The molecule has 6 nitrogen and oxygen atoms in total. The molecule has 2 aliphatic rings. The number of pyridine rings is 1. The van der Waals surface area contributed by atoms with Crippen molar-refractivity contribution in [2.45, 2.75) is 25.3 Å². The number of rotatable bonds is 2. The smallest absolute Gasteiger partial charge is 0.306 e. The molecule has 1 aliphatic heterocycles. The molecule has 0 radical (unpaired) electrons. The van der Waals surface area contributed by atoms with E-state index < -0.39 is 17.8 Å². The summed E-state index contributed by atoms with van der Waals surface area (Å²) in [7, 11) is 0. The van der Waals surface area contributed by atoms with Crippen LogP contribution in [0, 0.1) is 5.92 Å². The van der Waals surface area contributed by atoms with E-state index in [9.17, 15) is 14.4 Å². The van der Waals surface area contributed by atoms with Crippen molar-refractivity contribution < 1.29 is 19.5 Å². The third-order valence-electron chi connectivity index (χ3n) is 3.80. The molecule has 0 spiro atoms. The van der Waals surface area contributed by atoms with Crippen LogP contribution in [0.1, 0.15) is 40.1 Å². The summed E-state index contributed by atoms with van der Waals surface area (Å²) in [4.78, 5) is 40.4. The monoisotopic (exact) mass is 260 g/mol. The third kappa shape index (κ3) is 1.71. The predicted octanol–water partition coefficient (Wildman–Crippen LogP) is 0.931. The highest BCUT2D eigenvalue weighted by Gasteiger charge is 2.44. The number of carbonyl (C=O) groups excluding carboxylic acids is 2. The Bertz CT molecular complexity index is 549.